The third-order valence-electron chi connectivity index (χ3n) is 5.49. The topological polar surface area (TPSA) is 87.5 Å². The normalized spacial score (nSPS) is 18.9. The van der Waals surface area contributed by atoms with E-state index in [1.807, 2.05) is 25.2 Å². The molecule has 8 nitrogen and oxygen atoms in total. The molecule has 2 aromatic rings. The standard InChI is InChI=1S/C19H23N5O3/c1-22-15-5-3-2-4-14(15)21-18(22)13-7-10-23(11-8-13)17(26)12-24-16(25)6-9-20-19(24)27/h2-5,13H,6-12H2,1H3,(H,20,27). The summed E-state index contributed by atoms with van der Waals surface area (Å²) in [6, 6.07) is 7.59. The number of piperidine rings is 1. The number of aromatic nitrogens is 2. The summed E-state index contributed by atoms with van der Waals surface area (Å²) in [6.45, 7) is 1.38. The van der Waals surface area contributed by atoms with Gasteiger partial charge in [0.05, 0.1) is 11.0 Å². The van der Waals surface area contributed by atoms with Crippen LogP contribution in [-0.2, 0) is 16.6 Å². The van der Waals surface area contributed by atoms with Crippen molar-refractivity contribution in [3.8, 4) is 0 Å². The predicted octanol–water partition coefficient (Wildman–Crippen LogP) is 1.22. The zero-order valence-electron chi connectivity index (χ0n) is 15.4. The number of rotatable bonds is 3. The fourth-order valence-corrected chi connectivity index (χ4v) is 3.93. The van der Waals surface area contributed by atoms with E-state index in [1.165, 1.54) is 0 Å². The van der Waals surface area contributed by atoms with Crippen molar-refractivity contribution >= 4 is 28.9 Å². The highest BCUT2D eigenvalue weighted by Crippen LogP contribution is 2.29. The van der Waals surface area contributed by atoms with Crippen LogP contribution in [0.3, 0.4) is 0 Å². The molecule has 142 valence electrons. The summed E-state index contributed by atoms with van der Waals surface area (Å²) >= 11 is 0. The molecule has 4 amide bonds. The Kier molecular flexibility index (Phi) is 4.55. The maximum Gasteiger partial charge on any atom is 0.324 e. The van der Waals surface area contributed by atoms with Gasteiger partial charge in [-0.15, -0.1) is 0 Å². The van der Waals surface area contributed by atoms with Gasteiger partial charge < -0.3 is 14.8 Å². The van der Waals surface area contributed by atoms with Crippen LogP contribution in [-0.4, -0.2) is 63.4 Å². The molecule has 4 rings (SSSR count). The fraction of sp³-hybridized carbons (Fsp3) is 0.474. The van der Waals surface area contributed by atoms with Gasteiger partial charge >= 0.3 is 6.03 Å². The number of urea groups is 1. The zero-order chi connectivity index (χ0) is 19.0. The summed E-state index contributed by atoms with van der Waals surface area (Å²) < 4.78 is 2.13. The van der Waals surface area contributed by atoms with Gasteiger partial charge in [-0.25, -0.2) is 9.78 Å². The Labute approximate surface area is 157 Å². The van der Waals surface area contributed by atoms with Gasteiger partial charge in [0.2, 0.25) is 11.8 Å². The smallest absolute Gasteiger partial charge is 0.324 e. The third kappa shape index (κ3) is 3.27. The van der Waals surface area contributed by atoms with E-state index in [2.05, 4.69) is 16.0 Å². The van der Waals surface area contributed by atoms with Gasteiger partial charge in [-0.05, 0) is 25.0 Å². The van der Waals surface area contributed by atoms with Gasteiger partial charge in [0.25, 0.3) is 0 Å². The molecule has 0 atom stereocenters. The van der Waals surface area contributed by atoms with Crippen molar-refractivity contribution in [3.63, 3.8) is 0 Å². The van der Waals surface area contributed by atoms with Crippen LogP contribution in [0.25, 0.3) is 11.0 Å². The third-order valence-corrected chi connectivity index (χ3v) is 5.49. The van der Waals surface area contributed by atoms with Crippen LogP contribution in [0.5, 0.6) is 0 Å². The maximum atomic E-state index is 12.5. The Morgan fingerprint density at radius 2 is 1.96 bits per heavy atom. The first-order valence-electron chi connectivity index (χ1n) is 9.32. The molecule has 0 spiro atoms. The average molecular weight is 369 g/mol. The Bertz CT molecular complexity index is 882. The molecule has 2 fully saturated rings. The number of likely N-dealkylation sites (tertiary alicyclic amines) is 1. The first kappa shape index (κ1) is 17.5. The summed E-state index contributed by atoms with van der Waals surface area (Å²) in [5, 5.41) is 2.60. The van der Waals surface area contributed by atoms with E-state index < -0.39 is 6.03 Å². The van der Waals surface area contributed by atoms with E-state index in [1.54, 1.807) is 4.90 Å². The van der Waals surface area contributed by atoms with Crippen molar-refractivity contribution in [1.29, 1.82) is 0 Å². The van der Waals surface area contributed by atoms with Crippen LogP contribution in [0.15, 0.2) is 24.3 Å². The van der Waals surface area contributed by atoms with Crippen molar-refractivity contribution in [2.24, 2.45) is 7.05 Å². The molecule has 0 radical (unpaired) electrons. The Morgan fingerprint density at radius 3 is 2.67 bits per heavy atom. The summed E-state index contributed by atoms with van der Waals surface area (Å²) in [5.74, 6) is 0.880. The van der Waals surface area contributed by atoms with Crippen molar-refractivity contribution in [2.45, 2.75) is 25.2 Å². The maximum absolute atomic E-state index is 12.5. The van der Waals surface area contributed by atoms with Gasteiger partial charge in [0, 0.05) is 39.0 Å². The van der Waals surface area contributed by atoms with Crippen LogP contribution in [0, 0.1) is 0 Å². The summed E-state index contributed by atoms with van der Waals surface area (Å²) in [5.41, 5.74) is 2.10. The highest BCUT2D eigenvalue weighted by Gasteiger charge is 2.31. The molecular weight excluding hydrogens is 346 g/mol. The second-order valence-electron chi connectivity index (χ2n) is 7.13. The van der Waals surface area contributed by atoms with E-state index >= 15 is 0 Å². The van der Waals surface area contributed by atoms with Crippen molar-refractivity contribution in [2.75, 3.05) is 26.2 Å². The average Bonchev–Trinajstić information content (AvgIpc) is 3.02. The zero-order valence-corrected chi connectivity index (χ0v) is 15.4. The van der Waals surface area contributed by atoms with Crippen LogP contribution < -0.4 is 5.32 Å². The number of nitrogens with zero attached hydrogens (tertiary/aromatic N) is 4. The molecule has 2 aliphatic rings. The van der Waals surface area contributed by atoms with Crippen LogP contribution in [0.1, 0.15) is 31.0 Å². The van der Waals surface area contributed by atoms with Gasteiger partial charge in [0.15, 0.2) is 0 Å². The highest BCUT2D eigenvalue weighted by atomic mass is 16.2. The molecule has 2 aliphatic heterocycles. The molecule has 0 aliphatic carbocycles. The van der Waals surface area contributed by atoms with E-state index in [4.69, 9.17) is 4.98 Å². The minimum Gasteiger partial charge on any atom is -0.341 e. The molecule has 1 aromatic carbocycles. The van der Waals surface area contributed by atoms with Gasteiger partial charge in [0.1, 0.15) is 12.4 Å². The number of carbonyl (C=O) groups is 3. The van der Waals surface area contributed by atoms with Crippen LogP contribution >= 0.6 is 0 Å². The number of hydrogen-bond donors (Lipinski definition) is 1. The lowest BCUT2D eigenvalue weighted by Gasteiger charge is -2.33. The predicted molar refractivity (Wildman–Crippen MR) is 99.0 cm³/mol. The summed E-state index contributed by atoms with van der Waals surface area (Å²) in [7, 11) is 2.03. The minimum absolute atomic E-state index is 0.177. The number of para-hydroxylation sites is 2. The number of hydrogen-bond acceptors (Lipinski definition) is 4. The Morgan fingerprint density at radius 1 is 1.22 bits per heavy atom. The molecule has 0 saturated carbocycles. The number of nitrogens with one attached hydrogen (secondary N) is 1. The van der Waals surface area contributed by atoms with Gasteiger partial charge in [-0.1, -0.05) is 12.1 Å². The van der Waals surface area contributed by atoms with Crippen molar-refractivity contribution in [3.05, 3.63) is 30.1 Å². The van der Waals surface area contributed by atoms with Crippen LogP contribution in [0.2, 0.25) is 0 Å². The summed E-state index contributed by atoms with van der Waals surface area (Å²) in [4.78, 5) is 43.7. The first-order chi connectivity index (χ1) is 13.0. The van der Waals surface area contributed by atoms with E-state index in [0.717, 1.165) is 34.6 Å². The lowest BCUT2D eigenvalue weighted by molar-refractivity contribution is -0.139. The van der Waals surface area contributed by atoms with Gasteiger partial charge in [-0.3, -0.25) is 14.5 Å². The first-order valence-corrected chi connectivity index (χ1v) is 9.32. The van der Waals surface area contributed by atoms with Gasteiger partial charge in [-0.2, -0.15) is 0 Å². The molecule has 0 bridgehead atoms. The minimum atomic E-state index is -0.478. The molecule has 1 aromatic heterocycles. The molecule has 2 saturated heterocycles. The van der Waals surface area contributed by atoms with E-state index in [0.29, 0.717) is 25.6 Å². The molecule has 27 heavy (non-hydrogen) atoms. The van der Waals surface area contributed by atoms with Crippen molar-refractivity contribution in [1.82, 2.24) is 24.7 Å². The molecular formula is C19H23N5O3. The number of amides is 4. The number of imide groups is 1. The summed E-state index contributed by atoms with van der Waals surface area (Å²) in [6.07, 6.45) is 1.89. The quantitative estimate of drug-likeness (QED) is 0.881. The number of imidazole rings is 1. The van der Waals surface area contributed by atoms with Crippen molar-refractivity contribution < 1.29 is 14.4 Å². The van der Waals surface area contributed by atoms with Crippen LogP contribution in [0.4, 0.5) is 4.79 Å². The fourth-order valence-electron chi connectivity index (χ4n) is 3.93. The van der Waals surface area contributed by atoms with E-state index in [-0.39, 0.29) is 24.8 Å². The molecule has 0 unspecified atom stereocenters. The lowest BCUT2D eigenvalue weighted by Crippen LogP contribution is -2.54. The second-order valence-corrected chi connectivity index (χ2v) is 7.13. The largest absolute Gasteiger partial charge is 0.341 e. The second kappa shape index (κ2) is 7.02. The number of benzene rings is 1. The monoisotopic (exact) mass is 369 g/mol. The number of carbonyl (C=O) groups excluding carboxylic acids is 3. The molecule has 3 heterocycles. The number of fused-ring (bicyclic) bond motifs is 1. The lowest BCUT2D eigenvalue weighted by atomic mass is 9.96. The SMILES string of the molecule is Cn1c(C2CCN(C(=O)CN3C(=O)CCNC3=O)CC2)nc2ccccc21. The number of aryl methyl sites for hydroxylation is 1. The highest BCUT2D eigenvalue weighted by molar-refractivity contribution is 6.00. The van der Waals surface area contributed by atoms with E-state index in [9.17, 15) is 14.4 Å². The molecule has 1 N–H and O–H groups in total. The Hall–Kier alpha value is -2.90. The Balaban J connectivity index is 1.39. The molecule has 8 heteroatoms.